The lowest BCUT2D eigenvalue weighted by molar-refractivity contribution is 0.368. The number of anilines is 1. The molecule has 0 spiro atoms. The molecule has 6 heteroatoms. The molecule has 90 valence electrons. The molecule has 0 unspecified atom stereocenters. The summed E-state index contributed by atoms with van der Waals surface area (Å²) in [4.78, 5) is 8.65. The Morgan fingerprint density at radius 1 is 1.41 bits per heavy atom. The lowest BCUT2D eigenvalue weighted by Crippen LogP contribution is -2.09. The lowest BCUT2D eigenvalue weighted by Gasteiger charge is -2.05. The van der Waals surface area contributed by atoms with Gasteiger partial charge < -0.3 is 14.4 Å². The van der Waals surface area contributed by atoms with Crippen molar-refractivity contribution in [3.05, 3.63) is 23.6 Å². The first kappa shape index (κ1) is 10.3. The highest BCUT2D eigenvalue weighted by Crippen LogP contribution is 2.24. The predicted octanol–water partition coefficient (Wildman–Crippen LogP) is 1.51. The van der Waals surface area contributed by atoms with Crippen LogP contribution in [0.15, 0.2) is 10.7 Å². The molecule has 0 aromatic carbocycles. The van der Waals surface area contributed by atoms with Gasteiger partial charge in [0.05, 0.1) is 5.69 Å². The molecular weight excluding hydrogens is 218 g/mol. The van der Waals surface area contributed by atoms with Crippen LogP contribution in [-0.4, -0.2) is 25.7 Å². The van der Waals surface area contributed by atoms with E-state index in [0.29, 0.717) is 24.3 Å². The highest BCUT2D eigenvalue weighted by Gasteiger charge is 2.23. The SMILES string of the molecule is Cc1cn(Cc2nc(C)no2)c(NC2CC2)n1. The smallest absolute Gasteiger partial charge is 0.246 e. The largest absolute Gasteiger partial charge is 0.353 e. The molecular formula is C11H15N5O. The first-order chi connectivity index (χ1) is 8.20. The Morgan fingerprint density at radius 3 is 2.88 bits per heavy atom. The van der Waals surface area contributed by atoms with E-state index in [-0.39, 0.29) is 0 Å². The zero-order valence-corrected chi connectivity index (χ0v) is 9.97. The molecule has 1 fully saturated rings. The molecule has 6 nitrogen and oxygen atoms in total. The van der Waals surface area contributed by atoms with Gasteiger partial charge in [-0.25, -0.2) is 4.98 Å². The quantitative estimate of drug-likeness (QED) is 0.866. The molecule has 3 rings (SSSR count). The summed E-state index contributed by atoms with van der Waals surface area (Å²) in [6, 6.07) is 0.583. The first-order valence-corrected chi connectivity index (χ1v) is 5.80. The van der Waals surface area contributed by atoms with E-state index in [1.807, 2.05) is 24.6 Å². The van der Waals surface area contributed by atoms with Crippen LogP contribution in [-0.2, 0) is 6.54 Å². The van der Waals surface area contributed by atoms with Gasteiger partial charge in [0.15, 0.2) is 5.82 Å². The van der Waals surface area contributed by atoms with E-state index in [0.717, 1.165) is 11.6 Å². The molecule has 2 aromatic heterocycles. The van der Waals surface area contributed by atoms with Crippen molar-refractivity contribution in [3.8, 4) is 0 Å². The summed E-state index contributed by atoms with van der Waals surface area (Å²) >= 11 is 0. The molecule has 0 saturated heterocycles. The molecule has 1 N–H and O–H groups in total. The van der Waals surface area contributed by atoms with Crippen LogP contribution >= 0.6 is 0 Å². The van der Waals surface area contributed by atoms with Crippen LogP contribution in [0.25, 0.3) is 0 Å². The normalized spacial score (nSPS) is 15.2. The number of nitrogens with zero attached hydrogens (tertiary/aromatic N) is 4. The Morgan fingerprint density at radius 2 is 2.24 bits per heavy atom. The molecule has 1 aliphatic carbocycles. The van der Waals surface area contributed by atoms with Gasteiger partial charge in [0.25, 0.3) is 0 Å². The van der Waals surface area contributed by atoms with E-state index in [4.69, 9.17) is 4.52 Å². The maximum absolute atomic E-state index is 5.12. The highest BCUT2D eigenvalue weighted by molar-refractivity contribution is 5.32. The van der Waals surface area contributed by atoms with Gasteiger partial charge in [0, 0.05) is 12.2 Å². The number of aryl methyl sites for hydroxylation is 2. The number of hydrogen-bond acceptors (Lipinski definition) is 5. The molecule has 0 atom stereocenters. The average molecular weight is 233 g/mol. The van der Waals surface area contributed by atoms with Crippen molar-refractivity contribution in [2.24, 2.45) is 0 Å². The molecule has 0 amide bonds. The van der Waals surface area contributed by atoms with Crippen molar-refractivity contribution in [1.82, 2.24) is 19.7 Å². The second kappa shape index (κ2) is 3.87. The van der Waals surface area contributed by atoms with Gasteiger partial charge in [-0.2, -0.15) is 4.98 Å². The number of imidazole rings is 1. The van der Waals surface area contributed by atoms with Crippen molar-refractivity contribution >= 4 is 5.95 Å². The van der Waals surface area contributed by atoms with E-state index in [1.165, 1.54) is 12.8 Å². The van der Waals surface area contributed by atoms with Gasteiger partial charge in [-0.3, -0.25) is 0 Å². The van der Waals surface area contributed by atoms with Gasteiger partial charge in [0.1, 0.15) is 6.54 Å². The monoisotopic (exact) mass is 233 g/mol. The number of nitrogens with one attached hydrogen (secondary N) is 1. The molecule has 2 aromatic rings. The maximum Gasteiger partial charge on any atom is 0.246 e. The van der Waals surface area contributed by atoms with Gasteiger partial charge in [-0.05, 0) is 26.7 Å². The number of hydrogen-bond donors (Lipinski definition) is 1. The number of rotatable bonds is 4. The zero-order chi connectivity index (χ0) is 11.8. The van der Waals surface area contributed by atoms with Gasteiger partial charge >= 0.3 is 0 Å². The van der Waals surface area contributed by atoms with Crippen LogP contribution in [0.4, 0.5) is 5.95 Å². The summed E-state index contributed by atoms with van der Waals surface area (Å²) in [5.41, 5.74) is 0.990. The lowest BCUT2D eigenvalue weighted by atomic mass is 10.5. The maximum atomic E-state index is 5.12. The van der Waals surface area contributed by atoms with Crippen LogP contribution in [0.2, 0.25) is 0 Å². The second-order valence-electron chi connectivity index (χ2n) is 4.49. The topological polar surface area (TPSA) is 68.8 Å². The van der Waals surface area contributed by atoms with Crippen molar-refractivity contribution in [2.45, 2.75) is 39.3 Å². The van der Waals surface area contributed by atoms with Crippen molar-refractivity contribution in [1.29, 1.82) is 0 Å². The Kier molecular flexibility index (Phi) is 2.35. The first-order valence-electron chi connectivity index (χ1n) is 5.80. The summed E-state index contributed by atoms with van der Waals surface area (Å²) < 4.78 is 7.13. The molecule has 1 aliphatic rings. The third-order valence-corrected chi connectivity index (χ3v) is 2.68. The molecule has 2 heterocycles. The van der Waals surface area contributed by atoms with Crippen molar-refractivity contribution in [3.63, 3.8) is 0 Å². The summed E-state index contributed by atoms with van der Waals surface area (Å²) in [7, 11) is 0. The fraction of sp³-hybridized carbons (Fsp3) is 0.545. The van der Waals surface area contributed by atoms with Crippen LogP contribution < -0.4 is 5.32 Å². The van der Waals surface area contributed by atoms with Crippen molar-refractivity contribution < 1.29 is 4.52 Å². The third kappa shape index (κ3) is 2.30. The van der Waals surface area contributed by atoms with Gasteiger partial charge in [-0.1, -0.05) is 5.16 Å². The summed E-state index contributed by atoms with van der Waals surface area (Å²) in [5.74, 6) is 2.16. The minimum absolute atomic E-state index is 0.566. The Labute approximate surface area is 99.0 Å². The summed E-state index contributed by atoms with van der Waals surface area (Å²) in [6.45, 7) is 4.36. The minimum Gasteiger partial charge on any atom is -0.353 e. The summed E-state index contributed by atoms with van der Waals surface area (Å²) in [5, 5.41) is 7.18. The average Bonchev–Trinajstić information content (AvgIpc) is 2.89. The van der Waals surface area contributed by atoms with E-state index in [1.54, 1.807) is 0 Å². The molecule has 17 heavy (non-hydrogen) atoms. The van der Waals surface area contributed by atoms with Crippen LogP contribution in [0.5, 0.6) is 0 Å². The van der Waals surface area contributed by atoms with Crippen molar-refractivity contribution in [2.75, 3.05) is 5.32 Å². The molecule has 0 aliphatic heterocycles. The molecule has 0 bridgehead atoms. The van der Waals surface area contributed by atoms with E-state index in [9.17, 15) is 0 Å². The van der Waals surface area contributed by atoms with Crippen LogP contribution in [0.3, 0.4) is 0 Å². The Balaban J connectivity index is 1.80. The zero-order valence-electron chi connectivity index (χ0n) is 9.97. The minimum atomic E-state index is 0.566. The number of aromatic nitrogens is 4. The Bertz CT molecular complexity index is 526. The summed E-state index contributed by atoms with van der Waals surface area (Å²) in [6.07, 6.45) is 4.45. The third-order valence-electron chi connectivity index (χ3n) is 2.68. The van der Waals surface area contributed by atoms with Gasteiger partial charge in [-0.15, -0.1) is 0 Å². The van der Waals surface area contributed by atoms with Gasteiger partial charge in [0.2, 0.25) is 11.8 Å². The molecule has 1 saturated carbocycles. The Hall–Kier alpha value is -1.85. The second-order valence-corrected chi connectivity index (χ2v) is 4.49. The standard InChI is InChI=1S/C11H15N5O/c1-7-5-16(6-10-13-8(2)15-17-10)11(12-7)14-9-3-4-9/h5,9H,3-4,6H2,1-2H3,(H,12,14). The van der Waals surface area contributed by atoms with Crippen LogP contribution in [0.1, 0.15) is 30.3 Å². The van der Waals surface area contributed by atoms with E-state index < -0.39 is 0 Å². The highest BCUT2D eigenvalue weighted by atomic mass is 16.5. The van der Waals surface area contributed by atoms with E-state index >= 15 is 0 Å². The van der Waals surface area contributed by atoms with Crippen LogP contribution in [0, 0.1) is 13.8 Å². The molecule has 0 radical (unpaired) electrons. The van der Waals surface area contributed by atoms with E-state index in [2.05, 4.69) is 20.4 Å². The fourth-order valence-electron chi connectivity index (χ4n) is 1.74. The fourth-order valence-corrected chi connectivity index (χ4v) is 1.74. The predicted molar refractivity (Wildman–Crippen MR) is 61.7 cm³/mol.